The number of ether oxygens (including phenoxy) is 4. The van der Waals surface area contributed by atoms with Crippen LogP contribution in [0.5, 0.6) is 0 Å². The first-order chi connectivity index (χ1) is 17.4. The Bertz CT molecular complexity index is 1320. The zero-order chi connectivity index (χ0) is 25.3. The molecule has 1 saturated heterocycles. The van der Waals surface area contributed by atoms with Crippen molar-refractivity contribution in [3.8, 4) is 0 Å². The van der Waals surface area contributed by atoms with Crippen molar-refractivity contribution in [3.63, 3.8) is 0 Å². The van der Waals surface area contributed by atoms with E-state index in [2.05, 4.69) is 10.3 Å². The van der Waals surface area contributed by atoms with Gasteiger partial charge in [0.15, 0.2) is 11.5 Å². The van der Waals surface area contributed by atoms with E-state index < -0.39 is 5.79 Å². The molecule has 2 heterocycles. The van der Waals surface area contributed by atoms with E-state index >= 15 is 0 Å². The van der Waals surface area contributed by atoms with E-state index in [1.165, 1.54) is 18.2 Å². The van der Waals surface area contributed by atoms with E-state index in [0.29, 0.717) is 42.4 Å². The minimum atomic E-state index is -1.19. The lowest BCUT2D eigenvalue weighted by molar-refractivity contribution is -0.150. The summed E-state index contributed by atoms with van der Waals surface area (Å²) in [5.74, 6) is -0.877. The molecule has 7 nitrogen and oxygen atoms in total. The van der Waals surface area contributed by atoms with E-state index in [1.54, 1.807) is 26.5 Å². The number of nitrogens with one attached hydrogen (secondary N) is 2. The van der Waals surface area contributed by atoms with Gasteiger partial charge in [0.05, 0.1) is 34.0 Å². The van der Waals surface area contributed by atoms with Gasteiger partial charge < -0.3 is 29.2 Å². The third-order valence-corrected chi connectivity index (χ3v) is 6.45. The summed E-state index contributed by atoms with van der Waals surface area (Å²) in [5.41, 5.74) is 5.56. The molecule has 8 heteroatoms. The van der Waals surface area contributed by atoms with Crippen molar-refractivity contribution in [1.29, 1.82) is 0 Å². The highest BCUT2D eigenvalue weighted by atomic mass is 19.1. The van der Waals surface area contributed by atoms with Gasteiger partial charge in [0, 0.05) is 18.0 Å². The molecule has 1 aromatic heterocycles. The van der Waals surface area contributed by atoms with E-state index in [-0.39, 0.29) is 11.7 Å². The quantitative estimate of drug-likeness (QED) is 0.588. The van der Waals surface area contributed by atoms with Crippen LogP contribution in [-0.2, 0) is 30.3 Å². The van der Waals surface area contributed by atoms with Crippen molar-refractivity contribution < 1.29 is 28.1 Å². The van der Waals surface area contributed by atoms with Crippen LogP contribution in [0.1, 0.15) is 23.7 Å². The average Bonchev–Trinajstić information content (AvgIpc) is 3.62. The summed E-state index contributed by atoms with van der Waals surface area (Å²) in [6.07, 6.45) is 8.95. The van der Waals surface area contributed by atoms with Gasteiger partial charge in [0.1, 0.15) is 5.82 Å². The van der Waals surface area contributed by atoms with E-state index in [9.17, 15) is 9.18 Å². The number of carbonyl (C=O) groups is 1. The number of hydrogen-bond acceptors (Lipinski definition) is 5. The molecule has 2 aliphatic carbocycles. The number of aromatic nitrogens is 1. The van der Waals surface area contributed by atoms with E-state index in [4.69, 9.17) is 18.9 Å². The fraction of sp³-hybridized carbons (Fsp3) is 0.250. The maximum Gasteiger partial charge on any atom is 0.288 e. The fourth-order valence-electron chi connectivity index (χ4n) is 4.73. The Morgan fingerprint density at radius 3 is 2.50 bits per heavy atom. The lowest BCUT2D eigenvalue weighted by Crippen LogP contribution is -2.38. The van der Waals surface area contributed by atoms with Gasteiger partial charge in [0.25, 0.3) is 5.79 Å². The summed E-state index contributed by atoms with van der Waals surface area (Å²) in [4.78, 5) is 15.8. The topological polar surface area (TPSA) is 81.8 Å². The van der Waals surface area contributed by atoms with Crippen LogP contribution < -0.4 is 5.32 Å². The number of allylic oxidation sites excluding steroid dienone is 7. The minimum Gasteiger partial charge on any atom is -0.495 e. The van der Waals surface area contributed by atoms with Gasteiger partial charge >= 0.3 is 0 Å². The number of rotatable bonds is 6. The average molecular weight is 491 g/mol. The van der Waals surface area contributed by atoms with Crippen LogP contribution in [-0.4, -0.2) is 44.1 Å². The second kappa shape index (κ2) is 9.64. The van der Waals surface area contributed by atoms with Gasteiger partial charge in [-0.05, 0) is 82.8 Å². The van der Waals surface area contributed by atoms with E-state index in [0.717, 1.165) is 28.0 Å². The molecule has 0 unspecified atom stereocenters. The van der Waals surface area contributed by atoms with Gasteiger partial charge in [-0.15, -0.1) is 0 Å². The molecule has 2 N–H and O–H groups in total. The predicted molar refractivity (Wildman–Crippen MR) is 133 cm³/mol. The Kier molecular flexibility index (Phi) is 6.38. The number of fused-ring (bicyclic) bond motifs is 1. The second-order valence-corrected chi connectivity index (χ2v) is 8.58. The van der Waals surface area contributed by atoms with Gasteiger partial charge in [-0.2, -0.15) is 0 Å². The van der Waals surface area contributed by atoms with Crippen molar-refractivity contribution in [2.24, 2.45) is 0 Å². The molecule has 1 aliphatic heterocycles. The smallest absolute Gasteiger partial charge is 0.288 e. The van der Waals surface area contributed by atoms with Gasteiger partial charge in [0.2, 0.25) is 5.91 Å². The number of benzene rings is 1. The van der Waals surface area contributed by atoms with Crippen molar-refractivity contribution in [3.05, 3.63) is 106 Å². The van der Waals surface area contributed by atoms with Gasteiger partial charge in [-0.25, -0.2) is 4.39 Å². The summed E-state index contributed by atoms with van der Waals surface area (Å²) in [6.45, 7) is 3.13. The molecule has 2 aromatic rings. The number of hydrogen-bond donors (Lipinski definition) is 2. The summed E-state index contributed by atoms with van der Waals surface area (Å²) in [7, 11) is 3.11. The maximum absolute atomic E-state index is 14.2. The first-order valence-electron chi connectivity index (χ1n) is 11.6. The molecule has 5 rings (SSSR count). The van der Waals surface area contributed by atoms with Crippen LogP contribution in [0.15, 0.2) is 83.5 Å². The number of halogens is 1. The van der Waals surface area contributed by atoms with Crippen LogP contribution in [0.3, 0.4) is 0 Å². The zero-order valence-electron chi connectivity index (χ0n) is 20.3. The lowest BCUT2D eigenvalue weighted by Gasteiger charge is -2.32. The van der Waals surface area contributed by atoms with Crippen LogP contribution in [0, 0.1) is 5.82 Å². The maximum atomic E-state index is 14.2. The SMILES string of the molecule is COC1=CC(=CC2=C(C)C(=CC(=O)NCc3ccc[nH]3)c3cc(F)ccc32)C=C(OC)C12OCCO2. The largest absolute Gasteiger partial charge is 0.495 e. The molecule has 3 aliphatic rings. The van der Waals surface area contributed by atoms with Gasteiger partial charge in [-0.3, -0.25) is 4.79 Å². The fourth-order valence-corrected chi connectivity index (χ4v) is 4.73. The normalized spacial score (nSPS) is 19.3. The van der Waals surface area contributed by atoms with E-state index in [1.807, 2.05) is 37.3 Å². The third-order valence-electron chi connectivity index (χ3n) is 6.45. The third kappa shape index (κ3) is 4.19. The van der Waals surface area contributed by atoms with Crippen LogP contribution in [0.2, 0.25) is 0 Å². The summed E-state index contributed by atoms with van der Waals surface area (Å²) >= 11 is 0. The number of H-pyrrole nitrogens is 1. The monoisotopic (exact) mass is 490 g/mol. The minimum absolute atomic E-state index is 0.263. The van der Waals surface area contributed by atoms with Crippen molar-refractivity contribution in [2.75, 3.05) is 27.4 Å². The Morgan fingerprint density at radius 2 is 1.86 bits per heavy atom. The van der Waals surface area contributed by atoms with Crippen molar-refractivity contribution in [2.45, 2.75) is 19.3 Å². The molecule has 36 heavy (non-hydrogen) atoms. The highest BCUT2D eigenvalue weighted by molar-refractivity contribution is 6.08. The molecule has 0 radical (unpaired) electrons. The van der Waals surface area contributed by atoms with Crippen molar-refractivity contribution in [1.82, 2.24) is 10.3 Å². The number of amides is 1. The number of aromatic amines is 1. The first kappa shape index (κ1) is 23.8. The van der Waals surface area contributed by atoms with Crippen molar-refractivity contribution >= 4 is 17.1 Å². The number of carbonyl (C=O) groups excluding carboxylic acids is 1. The molecule has 1 spiro atoms. The summed E-state index contributed by atoms with van der Waals surface area (Å²) in [5, 5.41) is 2.87. The Balaban J connectivity index is 1.53. The zero-order valence-corrected chi connectivity index (χ0v) is 20.3. The highest BCUT2D eigenvalue weighted by Crippen LogP contribution is 2.45. The molecule has 1 aromatic carbocycles. The molecule has 186 valence electrons. The standard InChI is InChI=1S/C28H27FN2O5/c1-17-22(11-18-12-25(33-2)28(26(13-18)34-3)35-9-10-36-28)21-7-6-19(29)14-24(21)23(17)15-27(32)31-16-20-5-4-8-30-20/h4-8,11-15,30H,9-10,16H2,1-3H3,(H,31,32). The summed E-state index contributed by atoms with van der Waals surface area (Å²) < 4.78 is 37.2. The second-order valence-electron chi connectivity index (χ2n) is 8.58. The molecule has 0 atom stereocenters. The van der Waals surface area contributed by atoms with Gasteiger partial charge in [-0.1, -0.05) is 6.07 Å². The predicted octanol–water partition coefficient (Wildman–Crippen LogP) is 4.38. The van der Waals surface area contributed by atoms with Crippen LogP contribution in [0.4, 0.5) is 4.39 Å². The summed E-state index contributed by atoms with van der Waals surface area (Å²) in [6, 6.07) is 8.36. The molecule has 0 saturated carbocycles. The van der Waals surface area contributed by atoms with Crippen LogP contribution in [0.25, 0.3) is 11.1 Å². The molecule has 1 fully saturated rings. The Hall–Kier alpha value is -3.88. The van der Waals surface area contributed by atoms with Crippen LogP contribution >= 0.6 is 0 Å². The Labute approximate surface area is 208 Å². The Morgan fingerprint density at radius 1 is 1.14 bits per heavy atom. The molecular weight excluding hydrogens is 463 g/mol. The highest BCUT2D eigenvalue weighted by Gasteiger charge is 2.49. The lowest BCUT2D eigenvalue weighted by atomic mass is 9.96. The molecular formula is C28H27FN2O5. The molecule has 0 bridgehead atoms. The molecule has 1 amide bonds. The number of methoxy groups -OCH3 is 2. The first-order valence-corrected chi connectivity index (χ1v) is 11.6.